The summed E-state index contributed by atoms with van der Waals surface area (Å²) in [6, 6.07) is 9.65. The maximum atomic E-state index is 14.4. The number of nitrogens with one attached hydrogen (secondary N) is 3. The zero-order chi connectivity index (χ0) is 45.1. The van der Waals surface area contributed by atoms with Crippen LogP contribution in [0.2, 0.25) is 0 Å². The molecule has 0 spiro atoms. The summed E-state index contributed by atoms with van der Waals surface area (Å²) in [6.07, 6.45) is 1.74. The number of Topliss-reactive ketones (excluding diaryl/α,β-unsaturated/α-hetero) is 1. The highest BCUT2D eigenvalue weighted by molar-refractivity contribution is 5.97. The standard InChI is InChI=1S/C42H63N11O8/c1-25(2)21-33(40(60)61)52-36(56)28(22-26-9-4-3-5-10-26)24-35(55)32(23-27-14-16-29(54)17-15-27)51-38(58)34-13-8-20-53(34)39(59)31(12-7-19-49-42(46)47)50-37(57)30(43)11-6-18-48-41(44)45/h3-5,9-10,14-17,25,28,30-34,54H,6-8,11-13,18-24,43H2,1-2H3,(H,50,57)(H,51,58)(H,52,56)(H,60,61)(H4,44,45,48)(H4,46,47,49)/t28-,30?,31?,32?,33+,34?/m1/s1. The lowest BCUT2D eigenvalue weighted by molar-refractivity contribution is -0.143. The number of phenolic OH excluding ortho intramolecular Hbond substituents is 1. The number of carbonyl (C=O) groups excluding carboxylic acids is 5. The number of hydrogen-bond acceptors (Lipinski definition) is 10. The quantitative estimate of drug-likeness (QED) is 0.0351. The Kier molecular flexibility index (Phi) is 19.9. The van der Waals surface area contributed by atoms with E-state index in [0.717, 1.165) is 5.56 Å². The first-order valence-corrected chi connectivity index (χ1v) is 20.6. The molecule has 1 aliphatic heterocycles. The van der Waals surface area contributed by atoms with Crippen LogP contribution in [-0.2, 0) is 41.6 Å². The minimum absolute atomic E-state index is 0.00315. The van der Waals surface area contributed by atoms with Gasteiger partial charge in [0.25, 0.3) is 0 Å². The maximum Gasteiger partial charge on any atom is 0.326 e. The summed E-state index contributed by atoms with van der Waals surface area (Å²) in [7, 11) is 0. The van der Waals surface area contributed by atoms with Gasteiger partial charge in [-0.25, -0.2) is 4.79 Å². The highest BCUT2D eigenvalue weighted by Gasteiger charge is 2.39. The third kappa shape index (κ3) is 17.1. The molecule has 6 atom stereocenters. The van der Waals surface area contributed by atoms with Crippen molar-refractivity contribution in [2.45, 2.75) is 108 Å². The Bertz CT molecular complexity index is 1830. The molecule has 0 saturated carbocycles. The van der Waals surface area contributed by atoms with Gasteiger partial charge in [-0.05, 0) is 87.0 Å². The van der Waals surface area contributed by atoms with E-state index in [9.17, 15) is 39.0 Å². The van der Waals surface area contributed by atoms with Crippen molar-refractivity contribution < 1.29 is 39.0 Å². The van der Waals surface area contributed by atoms with Gasteiger partial charge in [-0.2, -0.15) is 0 Å². The number of ketones is 1. The topological polar surface area (TPSA) is 337 Å². The van der Waals surface area contributed by atoms with E-state index in [1.54, 1.807) is 36.4 Å². The predicted octanol–water partition coefficient (Wildman–Crippen LogP) is -0.237. The molecule has 61 heavy (non-hydrogen) atoms. The number of aliphatic imine (C=N–C) groups is 2. The summed E-state index contributed by atoms with van der Waals surface area (Å²) in [4.78, 5) is 91.1. The van der Waals surface area contributed by atoms with E-state index < -0.39 is 71.5 Å². The molecule has 4 unspecified atom stereocenters. The Labute approximate surface area is 356 Å². The molecule has 2 aromatic carbocycles. The Balaban J connectivity index is 1.88. The number of hydrogen-bond donors (Lipinski definition) is 10. The summed E-state index contributed by atoms with van der Waals surface area (Å²) in [5, 5.41) is 28.0. The minimum atomic E-state index is -1.20. The molecule has 1 aliphatic rings. The van der Waals surface area contributed by atoms with E-state index in [2.05, 4.69) is 25.9 Å². The van der Waals surface area contributed by atoms with Gasteiger partial charge in [-0.3, -0.25) is 34.0 Å². The summed E-state index contributed by atoms with van der Waals surface area (Å²) in [6.45, 7) is 4.30. The largest absolute Gasteiger partial charge is 0.508 e. The third-order valence-electron chi connectivity index (χ3n) is 10.2. The highest BCUT2D eigenvalue weighted by Crippen LogP contribution is 2.22. The van der Waals surface area contributed by atoms with Crippen molar-refractivity contribution in [3.8, 4) is 5.75 Å². The molecule has 4 amide bonds. The van der Waals surface area contributed by atoms with Crippen LogP contribution in [0.25, 0.3) is 0 Å². The van der Waals surface area contributed by atoms with Crippen LogP contribution in [0.3, 0.4) is 0 Å². The molecular weight excluding hydrogens is 787 g/mol. The SMILES string of the molecule is CC(C)C[C@H](NC(=O)[C@@H](CC(=O)C(Cc1ccc(O)cc1)NC(=O)C1CCCN1C(=O)C(CCCN=C(N)N)NC(=O)C(N)CCCN=C(N)N)Cc1ccccc1)C(=O)O. The first-order chi connectivity index (χ1) is 28.9. The monoisotopic (exact) mass is 849 g/mol. The number of benzene rings is 2. The van der Waals surface area contributed by atoms with Crippen LogP contribution in [0.4, 0.5) is 0 Å². The van der Waals surface area contributed by atoms with Crippen LogP contribution in [-0.4, -0.2) is 112 Å². The number of phenols is 1. The van der Waals surface area contributed by atoms with Crippen molar-refractivity contribution in [2.75, 3.05) is 19.6 Å². The zero-order valence-electron chi connectivity index (χ0n) is 35.0. The first kappa shape index (κ1) is 49.1. The van der Waals surface area contributed by atoms with Gasteiger partial charge in [0.2, 0.25) is 23.6 Å². The number of nitrogens with two attached hydrogens (primary N) is 5. The van der Waals surface area contributed by atoms with E-state index >= 15 is 0 Å². The van der Waals surface area contributed by atoms with E-state index in [0.29, 0.717) is 24.8 Å². The number of carboxylic acids is 1. The molecule has 19 nitrogen and oxygen atoms in total. The van der Waals surface area contributed by atoms with Crippen molar-refractivity contribution >= 4 is 47.3 Å². The molecule has 19 heteroatoms. The first-order valence-electron chi connectivity index (χ1n) is 20.6. The average Bonchev–Trinajstić information content (AvgIpc) is 3.70. The average molecular weight is 850 g/mol. The number of carbonyl (C=O) groups is 6. The number of guanidine groups is 2. The van der Waals surface area contributed by atoms with E-state index in [1.165, 1.54) is 17.0 Å². The van der Waals surface area contributed by atoms with Crippen molar-refractivity contribution in [3.05, 3.63) is 65.7 Å². The second-order valence-electron chi connectivity index (χ2n) is 15.8. The molecule has 1 fully saturated rings. The smallest absolute Gasteiger partial charge is 0.326 e. The fourth-order valence-corrected chi connectivity index (χ4v) is 7.10. The molecular formula is C42H63N11O8. The Morgan fingerprint density at radius 1 is 0.770 bits per heavy atom. The van der Waals surface area contributed by atoms with Crippen molar-refractivity contribution in [3.63, 3.8) is 0 Å². The van der Waals surface area contributed by atoms with Crippen LogP contribution < -0.4 is 44.6 Å². The lowest BCUT2D eigenvalue weighted by Crippen LogP contribution is -2.57. The van der Waals surface area contributed by atoms with Gasteiger partial charge in [0.05, 0.1) is 12.1 Å². The number of rotatable bonds is 25. The molecule has 15 N–H and O–H groups in total. The molecule has 1 heterocycles. The molecule has 1 saturated heterocycles. The number of nitrogens with zero attached hydrogens (tertiary/aromatic N) is 3. The summed E-state index contributed by atoms with van der Waals surface area (Å²) < 4.78 is 0. The fraction of sp³-hybridized carbons (Fsp3) is 0.524. The molecule has 0 radical (unpaired) electrons. The van der Waals surface area contributed by atoms with Gasteiger partial charge in [-0.1, -0.05) is 56.3 Å². The zero-order valence-corrected chi connectivity index (χ0v) is 35.0. The van der Waals surface area contributed by atoms with Gasteiger partial charge >= 0.3 is 5.97 Å². The molecule has 3 rings (SSSR count). The van der Waals surface area contributed by atoms with E-state index in [1.807, 2.05) is 19.9 Å². The summed E-state index contributed by atoms with van der Waals surface area (Å²) >= 11 is 0. The molecule has 0 aliphatic carbocycles. The predicted molar refractivity (Wildman–Crippen MR) is 230 cm³/mol. The van der Waals surface area contributed by atoms with Crippen LogP contribution in [0, 0.1) is 11.8 Å². The lowest BCUT2D eigenvalue weighted by Gasteiger charge is -2.30. The molecule has 334 valence electrons. The van der Waals surface area contributed by atoms with Crippen molar-refractivity contribution in [1.29, 1.82) is 0 Å². The highest BCUT2D eigenvalue weighted by atomic mass is 16.4. The molecule has 2 aromatic rings. The van der Waals surface area contributed by atoms with Gasteiger partial charge in [-0.15, -0.1) is 0 Å². The number of aliphatic carboxylic acids is 1. The van der Waals surface area contributed by atoms with Gasteiger partial charge in [0.15, 0.2) is 17.7 Å². The number of likely N-dealkylation sites (tertiary alicyclic amines) is 1. The van der Waals surface area contributed by atoms with Crippen molar-refractivity contribution in [1.82, 2.24) is 20.9 Å². The van der Waals surface area contributed by atoms with Crippen LogP contribution >= 0.6 is 0 Å². The molecule has 0 bridgehead atoms. The summed E-state index contributed by atoms with van der Waals surface area (Å²) in [5.41, 5.74) is 29.2. The molecule has 0 aromatic heterocycles. The van der Waals surface area contributed by atoms with Crippen LogP contribution in [0.15, 0.2) is 64.6 Å². The maximum absolute atomic E-state index is 14.4. The normalized spacial score (nSPS) is 16.0. The number of amides is 4. The van der Waals surface area contributed by atoms with E-state index in [4.69, 9.17) is 28.7 Å². The van der Waals surface area contributed by atoms with Crippen LogP contribution in [0.5, 0.6) is 5.75 Å². The number of carboxylic acid groups (broad SMARTS) is 1. The fourth-order valence-electron chi connectivity index (χ4n) is 7.10. The van der Waals surface area contributed by atoms with Crippen LogP contribution in [0.1, 0.15) is 76.3 Å². The van der Waals surface area contributed by atoms with E-state index in [-0.39, 0.29) is 88.2 Å². The Hall–Kier alpha value is -6.24. The van der Waals surface area contributed by atoms with Crippen molar-refractivity contribution in [2.24, 2.45) is 50.5 Å². The van der Waals surface area contributed by atoms with Gasteiger partial charge in [0.1, 0.15) is 23.9 Å². The van der Waals surface area contributed by atoms with Gasteiger partial charge in [0, 0.05) is 32.0 Å². The lowest BCUT2D eigenvalue weighted by atomic mass is 9.89. The Morgan fingerprint density at radius 2 is 1.36 bits per heavy atom. The number of aromatic hydroxyl groups is 1. The Morgan fingerprint density at radius 3 is 1.95 bits per heavy atom. The second kappa shape index (κ2) is 24.7. The second-order valence-corrected chi connectivity index (χ2v) is 15.8. The summed E-state index contributed by atoms with van der Waals surface area (Å²) in [5.74, 6) is -5.30. The third-order valence-corrected chi connectivity index (χ3v) is 10.2. The van der Waals surface area contributed by atoms with Gasteiger partial charge < -0.3 is 59.7 Å². The minimum Gasteiger partial charge on any atom is -0.508 e.